The van der Waals surface area contributed by atoms with Crippen LogP contribution in [0.4, 0.5) is 0 Å². The van der Waals surface area contributed by atoms with Crippen LogP contribution in [0.2, 0.25) is 0 Å². The lowest BCUT2D eigenvalue weighted by molar-refractivity contribution is 0.101. The molecule has 0 saturated carbocycles. The summed E-state index contributed by atoms with van der Waals surface area (Å²) in [6, 6.07) is 9.60. The van der Waals surface area contributed by atoms with Crippen molar-refractivity contribution in [1.29, 1.82) is 0 Å². The van der Waals surface area contributed by atoms with E-state index in [1.54, 1.807) is 11.3 Å². The van der Waals surface area contributed by atoms with Crippen molar-refractivity contribution in [3.05, 3.63) is 55.5 Å². The zero-order valence-corrected chi connectivity index (χ0v) is 12.5. The number of benzene rings is 1. The first-order valence-electron chi connectivity index (χ1n) is 5.43. The summed E-state index contributed by atoms with van der Waals surface area (Å²) in [7, 11) is 0. The molecule has 90 valence electrons. The molecule has 3 aromatic rings. The first kappa shape index (κ1) is 11.9. The number of ketones is 1. The van der Waals surface area contributed by atoms with Crippen LogP contribution in [0.1, 0.15) is 21.7 Å². The van der Waals surface area contributed by atoms with Crippen molar-refractivity contribution in [3.63, 3.8) is 0 Å². The molecule has 0 saturated heterocycles. The van der Waals surface area contributed by atoms with Gasteiger partial charge in [-0.3, -0.25) is 4.79 Å². The Morgan fingerprint density at radius 1 is 1.33 bits per heavy atom. The first-order valence-corrected chi connectivity index (χ1v) is 7.39. The summed E-state index contributed by atoms with van der Waals surface area (Å²) in [5.41, 5.74) is 2.54. The molecule has 4 heteroatoms. The van der Waals surface area contributed by atoms with E-state index in [4.69, 9.17) is 4.42 Å². The maximum absolute atomic E-state index is 12.3. The number of thiophene rings is 1. The van der Waals surface area contributed by atoms with Gasteiger partial charge in [-0.1, -0.05) is 18.2 Å². The van der Waals surface area contributed by atoms with Gasteiger partial charge >= 0.3 is 0 Å². The Balaban J connectivity index is 2.10. The molecule has 0 spiro atoms. The molecule has 0 atom stereocenters. The third kappa shape index (κ3) is 1.99. The zero-order valence-electron chi connectivity index (χ0n) is 9.57. The Hall–Kier alpha value is -1.14. The van der Waals surface area contributed by atoms with Crippen molar-refractivity contribution in [2.45, 2.75) is 6.92 Å². The predicted octanol–water partition coefficient (Wildman–Crippen LogP) is 4.64. The standard InChI is InChI=1S/C14H9IO2S/c1-8-3-2-4-9-5-11(17-14(8)9)13(16)10-6-12(15)18-7-10/h2-7H,1H3. The molecule has 2 heterocycles. The summed E-state index contributed by atoms with van der Waals surface area (Å²) in [5.74, 6) is 0.360. The Morgan fingerprint density at radius 2 is 2.17 bits per heavy atom. The lowest BCUT2D eigenvalue weighted by atomic mass is 10.1. The highest BCUT2D eigenvalue weighted by Crippen LogP contribution is 2.26. The minimum absolute atomic E-state index is 0.0511. The van der Waals surface area contributed by atoms with Gasteiger partial charge in [0.2, 0.25) is 5.78 Å². The van der Waals surface area contributed by atoms with Gasteiger partial charge in [-0.05, 0) is 47.2 Å². The number of rotatable bonds is 2. The monoisotopic (exact) mass is 368 g/mol. The average molecular weight is 368 g/mol. The van der Waals surface area contributed by atoms with Gasteiger partial charge in [0.15, 0.2) is 5.76 Å². The van der Waals surface area contributed by atoms with Gasteiger partial charge in [-0.25, -0.2) is 0 Å². The zero-order chi connectivity index (χ0) is 12.7. The van der Waals surface area contributed by atoms with Crippen LogP contribution in [0.5, 0.6) is 0 Å². The van der Waals surface area contributed by atoms with Gasteiger partial charge in [0.25, 0.3) is 0 Å². The van der Waals surface area contributed by atoms with Gasteiger partial charge in [0, 0.05) is 16.3 Å². The Labute approximate surface area is 122 Å². The summed E-state index contributed by atoms with van der Waals surface area (Å²) >= 11 is 3.77. The van der Waals surface area contributed by atoms with Gasteiger partial charge in [0.05, 0.1) is 2.88 Å². The maximum Gasteiger partial charge on any atom is 0.229 e. The topological polar surface area (TPSA) is 30.2 Å². The van der Waals surface area contributed by atoms with E-state index in [0.29, 0.717) is 11.3 Å². The summed E-state index contributed by atoms with van der Waals surface area (Å²) in [4.78, 5) is 12.3. The van der Waals surface area contributed by atoms with Crippen LogP contribution in [0.15, 0.2) is 40.1 Å². The first-order chi connectivity index (χ1) is 8.65. The highest BCUT2D eigenvalue weighted by molar-refractivity contribution is 14.1. The molecule has 1 aromatic carbocycles. The lowest BCUT2D eigenvalue weighted by Crippen LogP contribution is -1.96. The Kier molecular flexibility index (Phi) is 2.99. The van der Waals surface area contributed by atoms with E-state index >= 15 is 0 Å². The molecule has 0 aliphatic heterocycles. The second-order valence-corrected chi connectivity index (χ2v) is 6.88. The number of aryl methyl sites for hydroxylation is 1. The largest absolute Gasteiger partial charge is 0.452 e. The number of halogens is 1. The minimum Gasteiger partial charge on any atom is -0.452 e. The van der Waals surface area contributed by atoms with Gasteiger partial charge in [0.1, 0.15) is 5.58 Å². The SMILES string of the molecule is Cc1cccc2cc(C(=O)c3csc(I)c3)oc12. The second-order valence-electron chi connectivity index (χ2n) is 4.07. The molecule has 0 aliphatic rings. The molecule has 0 aliphatic carbocycles. The van der Waals surface area contributed by atoms with Crippen molar-refractivity contribution in [2.75, 3.05) is 0 Å². The van der Waals surface area contributed by atoms with E-state index in [1.807, 2.05) is 42.6 Å². The van der Waals surface area contributed by atoms with E-state index in [2.05, 4.69) is 22.6 Å². The van der Waals surface area contributed by atoms with E-state index in [9.17, 15) is 4.79 Å². The molecule has 2 nitrogen and oxygen atoms in total. The fourth-order valence-corrected chi connectivity index (χ4v) is 3.22. The van der Waals surface area contributed by atoms with E-state index in [-0.39, 0.29) is 5.78 Å². The molecule has 2 aromatic heterocycles. The molecule has 3 rings (SSSR count). The predicted molar refractivity (Wildman–Crippen MR) is 81.4 cm³/mol. The van der Waals surface area contributed by atoms with E-state index in [1.165, 1.54) is 0 Å². The maximum atomic E-state index is 12.3. The Bertz CT molecular complexity index is 739. The lowest BCUT2D eigenvalue weighted by Gasteiger charge is -1.93. The summed E-state index contributed by atoms with van der Waals surface area (Å²) < 4.78 is 6.78. The van der Waals surface area contributed by atoms with Crippen molar-refractivity contribution >= 4 is 50.7 Å². The van der Waals surface area contributed by atoms with Gasteiger partial charge < -0.3 is 4.42 Å². The van der Waals surface area contributed by atoms with Crippen molar-refractivity contribution in [3.8, 4) is 0 Å². The average Bonchev–Trinajstić information content (AvgIpc) is 2.95. The quantitative estimate of drug-likeness (QED) is 0.487. The number of carbonyl (C=O) groups is 1. The van der Waals surface area contributed by atoms with Gasteiger partial charge in [-0.2, -0.15) is 0 Å². The fraction of sp³-hybridized carbons (Fsp3) is 0.0714. The normalized spacial score (nSPS) is 11.0. The number of hydrogen-bond acceptors (Lipinski definition) is 3. The van der Waals surface area contributed by atoms with Crippen LogP contribution in [-0.4, -0.2) is 5.78 Å². The molecule has 18 heavy (non-hydrogen) atoms. The number of para-hydroxylation sites is 1. The van der Waals surface area contributed by atoms with Crippen LogP contribution in [-0.2, 0) is 0 Å². The van der Waals surface area contributed by atoms with Crippen LogP contribution in [0.25, 0.3) is 11.0 Å². The van der Waals surface area contributed by atoms with E-state index in [0.717, 1.165) is 19.4 Å². The number of hydrogen-bond donors (Lipinski definition) is 0. The summed E-state index contributed by atoms with van der Waals surface area (Å²) in [5, 5.41) is 2.84. The molecule has 0 unspecified atom stereocenters. The molecular formula is C14H9IO2S. The van der Waals surface area contributed by atoms with Crippen molar-refractivity contribution < 1.29 is 9.21 Å². The number of furan rings is 1. The van der Waals surface area contributed by atoms with Crippen LogP contribution in [0, 0.1) is 9.81 Å². The third-order valence-electron chi connectivity index (χ3n) is 2.79. The molecule has 0 radical (unpaired) electrons. The highest BCUT2D eigenvalue weighted by atomic mass is 127. The summed E-state index contributed by atoms with van der Waals surface area (Å²) in [6.45, 7) is 1.98. The molecule has 0 bridgehead atoms. The highest BCUT2D eigenvalue weighted by Gasteiger charge is 2.16. The third-order valence-corrected chi connectivity index (χ3v) is 4.58. The molecule has 0 fully saturated rings. The smallest absolute Gasteiger partial charge is 0.229 e. The number of carbonyl (C=O) groups excluding carboxylic acids is 1. The minimum atomic E-state index is -0.0511. The Morgan fingerprint density at radius 3 is 2.83 bits per heavy atom. The van der Waals surface area contributed by atoms with E-state index < -0.39 is 0 Å². The summed E-state index contributed by atoms with van der Waals surface area (Å²) in [6.07, 6.45) is 0. The second kappa shape index (κ2) is 4.51. The van der Waals surface area contributed by atoms with Crippen LogP contribution >= 0.6 is 33.9 Å². The fourth-order valence-electron chi connectivity index (χ4n) is 1.89. The van der Waals surface area contributed by atoms with Crippen LogP contribution in [0.3, 0.4) is 0 Å². The van der Waals surface area contributed by atoms with Crippen molar-refractivity contribution in [1.82, 2.24) is 0 Å². The molecule has 0 amide bonds. The van der Waals surface area contributed by atoms with Crippen molar-refractivity contribution in [2.24, 2.45) is 0 Å². The van der Waals surface area contributed by atoms with Gasteiger partial charge in [-0.15, -0.1) is 11.3 Å². The molecular weight excluding hydrogens is 359 g/mol. The number of fused-ring (bicyclic) bond motifs is 1. The molecule has 0 N–H and O–H groups in total. The van der Waals surface area contributed by atoms with Crippen LogP contribution < -0.4 is 0 Å².